The van der Waals surface area contributed by atoms with E-state index in [-0.39, 0.29) is 0 Å². The number of halogens is 2. The fourth-order valence-electron chi connectivity index (χ4n) is 5.62. The van der Waals surface area contributed by atoms with Crippen molar-refractivity contribution in [3.8, 4) is 6.07 Å². The molecular weight excluding hydrogens is 655 g/mol. The molecule has 0 aliphatic carbocycles. The summed E-state index contributed by atoms with van der Waals surface area (Å²) in [6, 6.07) is 31.7. The number of rotatable bonds is 5. The minimum Gasteiger partial charge on any atom is -0.366 e. The lowest BCUT2D eigenvalue weighted by molar-refractivity contribution is 0.100. The number of benzene rings is 4. The Morgan fingerprint density at radius 1 is 0.633 bits per heavy atom. The highest BCUT2D eigenvalue weighted by Gasteiger charge is 2.15. The number of amides is 1. The fraction of sp³-hybridized carbons (Fsp3) is 0. The average Bonchev–Trinajstić information content (AvgIpc) is 3.11. The van der Waals surface area contributed by atoms with Crippen LogP contribution in [0.1, 0.15) is 15.9 Å². The van der Waals surface area contributed by atoms with Crippen LogP contribution in [0.15, 0.2) is 122 Å². The van der Waals surface area contributed by atoms with E-state index in [1.54, 1.807) is 55.1 Å². The smallest absolute Gasteiger partial charge is 0.250 e. The van der Waals surface area contributed by atoms with Crippen LogP contribution in [0, 0.1) is 11.3 Å². The molecular formula is C38H24Cl2N8O. The monoisotopic (exact) mass is 678 g/mol. The van der Waals surface area contributed by atoms with Gasteiger partial charge in [0.1, 0.15) is 17.7 Å². The van der Waals surface area contributed by atoms with E-state index < -0.39 is 5.91 Å². The summed E-state index contributed by atoms with van der Waals surface area (Å²) in [5.74, 6) is 0.765. The molecule has 8 rings (SSSR count). The predicted octanol–water partition coefficient (Wildman–Crippen LogP) is 9.33. The molecule has 0 bridgehead atoms. The molecule has 0 saturated carbocycles. The Kier molecular flexibility index (Phi) is 8.56. The molecule has 8 aromatic rings. The van der Waals surface area contributed by atoms with Crippen molar-refractivity contribution in [3.05, 3.63) is 143 Å². The molecule has 0 fully saturated rings. The summed E-state index contributed by atoms with van der Waals surface area (Å²) in [5, 5.41) is 22.6. The molecule has 4 N–H and O–H groups in total. The number of nitrogens with two attached hydrogens (primary N) is 1. The largest absolute Gasteiger partial charge is 0.366 e. The van der Waals surface area contributed by atoms with E-state index in [9.17, 15) is 10.1 Å². The molecule has 0 radical (unpaired) electrons. The first kappa shape index (κ1) is 31.3. The van der Waals surface area contributed by atoms with Crippen LogP contribution in [0.5, 0.6) is 0 Å². The first-order chi connectivity index (χ1) is 23.9. The molecule has 4 aromatic carbocycles. The zero-order chi connectivity index (χ0) is 33.9. The van der Waals surface area contributed by atoms with Crippen LogP contribution >= 0.6 is 23.2 Å². The van der Waals surface area contributed by atoms with Gasteiger partial charge in [-0.1, -0.05) is 59.6 Å². The van der Waals surface area contributed by atoms with Gasteiger partial charge in [-0.25, -0.2) is 9.97 Å². The molecule has 4 heterocycles. The van der Waals surface area contributed by atoms with E-state index in [4.69, 9.17) is 33.9 Å². The first-order valence-corrected chi connectivity index (χ1v) is 15.7. The number of fused-ring (bicyclic) bond motifs is 6. The lowest BCUT2D eigenvalue weighted by atomic mass is 10.0. The van der Waals surface area contributed by atoms with Crippen molar-refractivity contribution in [2.75, 3.05) is 10.6 Å². The van der Waals surface area contributed by atoms with Gasteiger partial charge in [0.05, 0.1) is 22.2 Å². The third-order valence-electron chi connectivity index (χ3n) is 7.81. The van der Waals surface area contributed by atoms with E-state index in [1.165, 1.54) is 0 Å². The summed E-state index contributed by atoms with van der Waals surface area (Å²) in [5.41, 5.74) is 9.26. The van der Waals surface area contributed by atoms with Gasteiger partial charge in [0, 0.05) is 78.5 Å². The quantitative estimate of drug-likeness (QED) is 0.153. The second-order valence-corrected chi connectivity index (χ2v) is 11.8. The second kappa shape index (κ2) is 13.4. The maximum atomic E-state index is 11.8. The molecule has 9 nitrogen and oxygen atoms in total. The molecule has 4 aromatic heterocycles. The molecule has 11 heteroatoms. The number of hydrogen-bond acceptors (Lipinski definition) is 8. The number of carbonyl (C=O) groups is 1. The van der Waals surface area contributed by atoms with Crippen LogP contribution in [0.2, 0.25) is 10.0 Å². The summed E-state index contributed by atoms with van der Waals surface area (Å²) in [6.07, 6.45) is 6.99. The van der Waals surface area contributed by atoms with Crippen LogP contribution in [-0.4, -0.2) is 25.8 Å². The molecule has 49 heavy (non-hydrogen) atoms. The molecule has 0 aliphatic heterocycles. The van der Waals surface area contributed by atoms with Gasteiger partial charge in [0.2, 0.25) is 0 Å². The Hall–Kier alpha value is -6.34. The van der Waals surface area contributed by atoms with Gasteiger partial charge in [0.25, 0.3) is 5.91 Å². The van der Waals surface area contributed by atoms with Gasteiger partial charge < -0.3 is 16.4 Å². The normalized spacial score (nSPS) is 10.8. The van der Waals surface area contributed by atoms with Crippen molar-refractivity contribution in [2.24, 2.45) is 5.73 Å². The number of carbonyl (C=O) groups excluding carboxylic acids is 1. The van der Waals surface area contributed by atoms with E-state index >= 15 is 0 Å². The van der Waals surface area contributed by atoms with Gasteiger partial charge in [-0.15, -0.1) is 0 Å². The third-order valence-corrected chi connectivity index (χ3v) is 8.28. The lowest BCUT2D eigenvalue weighted by Gasteiger charge is -2.13. The van der Waals surface area contributed by atoms with Crippen LogP contribution in [0.3, 0.4) is 0 Å². The van der Waals surface area contributed by atoms with Gasteiger partial charge >= 0.3 is 0 Å². The summed E-state index contributed by atoms with van der Waals surface area (Å²) >= 11 is 12.1. The number of pyridine rings is 4. The fourth-order valence-corrected chi connectivity index (χ4v) is 6.00. The van der Waals surface area contributed by atoms with Gasteiger partial charge in [-0.05, 0) is 60.7 Å². The Morgan fingerprint density at radius 2 is 1.14 bits per heavy atom. The van der Waals surface area contributed by atoms with Crippen LogP contribution in [0.4, 0.5) is 23.0 Å². The van der Waals surface area contributed by atoms with Gasteiger partial charge in [-0.3, -0.25) is 14.8 Å². The van der Waals surface area contributed by atoms with Crippen molar-refractivity contribution in [1.82, 2.24) is 19.9 Å². The van der Waals surface area contributed by atoms with Crippen molar-refractivity contribution in [1.29, 1.82) is 5.26 Å². The number of primary amides is 1. The summed E-state index contributed by atoms with van der Waals surface area (Å²) < 4.78 is 0. The number of hydrogen-bond donors (Lipinski definition) is 3. The maximum absolute atomic E-state index is 11.8. The van der Waals surface area contributed by atoms with E-state index in [0.717, 1.165) is 43.7 Å². The number of anilines is 4. The topological polar surface area (TPSA) is 142 Å². The van der Waals surface area contributed by atoms with E-state index in [1.807, 2.05) is 66.7 Å². The van der Waals surface area contributed by atoms with Crippen molar-refractivity contribution >= 4 is 95.5 Å². The molecule has 0 aliphatic rings. The SMILES string of the molecule is N#Cc1cccc2c1nc(Nc1cccc(Cl)c1)c1ccncc12.NC(=O)c1cccc2c1nc(Nc1cccc(Cl)c1)c1ccncc12. The van der Waals surface area contributed by atoms with Crippen molar-refractivity contribution in [2.45, 2.75) is 0 Å². The first-order valence-electron chi connectivity index (χ1n) is 15.0. The highest BCUT2D eigenvalue weighted by molar-refractivity contribution is 6.31. The summed E-state index contributed by atoms with van der Waals surface area (Å²) in [6.45, 7) is 0. The van der Waals surface area contributed by atoms with Crippen LogP contribution in [-0.2, 0) is 0 Å². The van der Waals surface area contributed by atoms with E-state index in [0.29, 0.717) is 43.8 Å². The molecule has 0 unspecified atom stereocenters. The van der Waals surface area contributed by atoms with Crippen LogP contribution in [0.25, 0.3) is 43.4 Å². The Morgan fingerprint density at radius 3 is 1.67 bits per heavy atom. The van der Waals surface area contributed by atoms with Crippen molar-refractivity contribution < 1.29 is 4.79 Å². The van der Waals surface area contributed by atoms with Gasteiger partial charge in [0.15, 0.2) is 0 Å². The second-order valence-electron chi connectivity index (χ2n) is 10.9. The number of nitrogens with zero attached hydrogens (tertiary/aromatic N) is 5. The molecule has 0 spiro atoms. The average molecular weight is 680 g/mol. The Bertz CT molecular complexity index is 2600. The molecule has 0 saturated heterocycles. The Labute approximate surface area is 290 Å². The minimum atomic E-state index is -0.518. The molecule has 0 atom stereocenters. The predicted molar refractivity (Wildman–Crippen MR) is 197 cm³/mol. The zero-order valence-corrected chi connectivity index (χ0v) is 27.0. The lowest BCUT2D eigenvalue weighted by Crippen LogP contribution is -2.12. The van der Waals surface area contributed by atoms with Gasteiger partial charge in [-0.2, -0.15) is 5.26 Å². The number of nitrogens with one attached hydrogen (secondary N) is 2. The van der Waals surface area contributed by atoms with Crippen molar-refractivity contribution in [3.63, 3.8) is 0 Å². The molecule has 1 amide bonds. The number of para-hydroxylation sites is 2. The summed E-state index contributed by atoms with van der Waals surface area (Å²) in [4.78, 5) is 29.6. The standard InChI is InChI=1S/C19H13ClN4O.C19H11ClN4/c20-11-3-1-4-12(9-11)23-19-14-7-8-22-10-16(14)13-5-2-6-15(18(21)25)17(13)24-19;20-13-4-2-5-14(9-13)23-19-16-7-8-22-11-17(16)15-6-1-3-12(10-21)18(15)24-19/h1-10H,(H2,21,25)(H,23,24);1-9,11H,(H,23,24). The zero-order valence-electron chi connectivity index (χ0n) is 25.5. The third kappa shape index (κ3) is 6.34. The highest BCUT2D eigenvalue weighted by Crippen LogP contribution is 2.34. The summed E-state index contributed by atoms with van der Waals surface area (Å²) in [7, 11) is 0. The molecule has 236 valence electrons. The Balaban J connectivity index is 0.000000154. The number of aromatic nitrogens is 4. The number of nitriles is 1. The van der Waals surface area contributed by atoms with E-state index in [2.05, 4.69) is 31.7 Å². The highest BCUT2D eigenvalue weighted by atomic mass is 35.5. The maximum Gasteiger partial charge on any atom is 0.250 e. The minimum absolute atomic E-state index is 0.373. The van der Waals surface area contributed by atoms with Crippen LogP contribution < -0.4 is 16.4 Å².